The highest BCUT2D eigenvalue weighted by Gasteiger charge is 2.04. The van der Waals surface area contributed by atoms with Gasteiger partial charge < -0.3 is 5.32 Å². The minimum Gasteiger partial charge on any atom is -0.316 e. The Morgan fingerprint density at radius 2 is 2.12 bits per heavy atom. The predicted molar refractivity (Wildman–Crippen MR) is 77.1 cm³/mol. The van der Waals surface area contributed by atoms with Crippen molar-refractivity contribution in [1.29, 1.82) is 0 Å². The van der Waals surface area contributed by atoms with Gasteiger partial charge >= 0.3 is 0 Å². The molecule has 1 aromatic rings. The van der Waals surface area contributed by atoms with E-state index in [1.54, 1.807) is 0 Å². The van der Waals surface area contributed by atoms with Crippen molar-refractivity contribution in [3.63, 3.8) is 0 Å². The van der Waals surface area contributed by atoms with E-state index >= 15 is 0 Å². The van der Waals surface area contributed by atoms with Gasteiger partial charge in [0.15, 0.2) is 0 Å². The van der Waals surface area contributed by atoms with Crippen molar-refractivity contribution >= 4 is 27.7 Å². The molecule has 3 heteroatoms. The highest BCUT2D eigenvalue weighted by atomic mass is 79.9. The molecule has 0 amide bonds. The fourth-order valence-corrected chi connectivity index (χ4v) is 3.12. The smallest absolute Gasteiger partial charge is 0.0214 e. The van der Waals surface area contributed by atoms with Gasteiger partial charge in [-0.25, -0.2) is 0 Å². The molecular weight excluding hydrogens is 282 g/mol. The monoisotopic (exact) mass is 301 g/mol. The first-order valence-electron chi connectivity index (χ1n) is 5.69. The Morgan fingerprint density at radius 3 is 2.75 bits per heavy atom. The lowest BCUT2D eigenvalue weighted by Crippen LogP contribution is -2.06. The largest absolute Gasteiger partial charge is 0.316 e. The van der Waals surface area contributed by atoms with Crippen molar-refractivity contribution < 1.29 is 0 Å². The first-order valence-corrected chi connectivity index (χ1v) is 7.47. The van der Waals surface area contributed by atoms with Crippen LogP contribution in [0.4, 0.5) is 0 Å². The summed E-state index contributed by atoms with van der Waals surface area (Å²) in [5, 5.41) is 3.22. The van der Waals surface area contributed by atoms with Crippen LogP contribution in [0.2, 0.25) is 0 Å². The second-order valence-corrected chi connectivity index (χ2v) is 6.37. The molecule has 1 N–H and O–H groups in total. The third-order valence-electron chi connectivity index (χ3n) is 2.34. The fourth-order valence-electron chi connectivity index (χ4n) is 1.42. The number of nitrogens with one attached hydrogen (secondary N) is 1. The van der Waals surface area contributed by atoms with Crippen LogP contribution in [-0.4, -0.2) is 12.8 Å². The first kappa shape index (κ1) is 14.1. The van der Waals surface area contributed by atoms with Crippen LogP contribution in [0.1, 0.15) is 25.8 Å². The topological polar surface area (TPSA) is 12.0 Å². The lowest BCUT2D eigenvalue weighted by atomic mass is 10.2. The zero-order chi connectivity index (χ0) is 12.0. The fraction of sp³-hybridized carbons (Fsp3) is 0.538. The van der Waals surface area contributed by atoms with Crippen LogP contribution >= 0.6 is 27.7 Å². The molecule has 0 fully saturated rings. The average molecular weight is 302 g/mol. The molecule has 0 spiro atoms. The highest BCUT2D eigenvalue weighted by molar-refractivity contribution is 9.10. The lowest BCUT2D eigenvalue weighted by Gasteiger charge is -2.10. The van der Waals surface area contributed by atoms with E-state index in [0.29, 0.717) is 0 Å². The van der Waals surface area contributed by atoms with E-state index in [1.165, 1.54) is 22.6 Å². The Hall–Kier alpha value is 0.01000. The molecule has 0 unspecified atom stereocenters. The molecule has 0 radical (unpaired) electrons. The predicted octanol–water partition coefficient (Wildman–Crippen LogP) is 4.31. The highest BCUT2D eigenvalue weighted by Crippen LogP contribution is 2.27. The number of rotatable bonds is 6. The van der Waals surface area contributed by atoms with Gasteiger partial charge in [0.2, 0.25) is 0 Å². The molecule has 0 aliphatic heterocycles. The number of halogens is 1. The molecule has 1 rings (SSSR count). The van der Waals surface area contributed by atoms with Crippen molar-refractivity contribution in [3.8, 4) is 0 Å². The van der Waals surface area contributed by atoms with Gasteiger partial charge in [-0.3, -0.25) is 0 Å². The minimum atomic E-state index is 0.788. The third-order valence-corrected chi connectivity index (χ3v) is 3.98. The standard InChI is InChI=1S/C13H20BrNS/c1-10(2)6-7-16-13-5-4-12(14)8-11(13)9-15-3/h4-5,8,10,15H,6-7,9H2,1-3H3. The summed E-state index contributed by atoms with van der Waals surface area (Å²) in [5.74, 6) is 1.99. The number of hydrogen-bond donors (Lipinski definition) is 1. The van der Waals surface area contributed by atoms with Crippen LogP contribution in [0.25, 0.3) is 0 Å². The van der Waals surface area contributed by atoms with Gasteiger partial charge in [-0.15, -0.1) is 11.8 Å². The maximum Gasteiger partial charge on any atom is 0.0214 e. The van der Waals surface area contributed by atoms with Gasteiger partial charge in [0.05, 0.1) is 0 Å². The van der Waals surface area contributed by atoms with Crippen molar-refractivity contribution in [3.05, 3.63) is 28.2 Å². The number of hydrogen-bond acceptors (Lipinski definition) is 2. The van der Waals surface area contributed by atoms with Crippen molar-refractivity contribution in [2.45, 2.75) is 31.7 Å². The molecule has 16 heavy (non-hydrogen) atoms. The van der Waals surface area contributed by atoms with E-state index in [9.17, 15) is 0 Å². The minimum absolute atomic E-state index is 0.788. The van der Waals surface area contributed by atoms with Crippen LogP contribution in [0.15, 0.2) is 27.6 Å². The number of thioether (sulfide) groups is 1. The molecule has 0 aromatic heterocycles. The van der Waals surface area contributed by atoms with Crippen molar-refractivity contribution in [1.82, 2.24) is 5.32 Å². The molecule has 90 valence electrons. The van der Waals surface area contributed by atoms with Crippen LogP contribution in [0.3, 0.4) is 0 Å². The Kier molecular flexibility index (Phi) is 6.47. The van der Waals surface area contributed by atoms with Crippen molar-refractivity contribution in [2.24, 2.45) is 5.92 Å². The van der Waals surface area contributed by atoms with Gasteiger partial charge in [-0.2, -0.15) is 0 Å². The Balaban J connectivity index is 2.63. The second-order valence-electron chi connectivity index (χ2n) is 4.31. The van der Waals surface area contributed by atoms with Gasteiger partial charge in [-0.1, -0.05) is 29.8 Å². The average Bonchev–Trinajstić information content (AvgIpc) is 2.21. The van der Waals surface area contributed by atoms with E-state index in [-0.39, 0.29) is 0 Å². The summed E-state index contributed by atoms with van der Waals surface area (Å²) in [6.45, 7) is 5.48. The summed E-state index contributed by atoms with van der Waals surface area (Å²) in [5.41, 5.74) is 1.38. The summed E-state index contributed by atoms with van der Waals surface area (Å²) in [7, 11) is 1.99. The van der Waals surface area contributed by atoms with Gasteiger partial charge in [0.1, 0.15) is 0 Å². The van der Waals surface area contributed by atoms with E-state index in [4.69, 9.17) is 0 Å². The maximum absolute atomic E-state index is 3.52. The maximum atomic E-state index is 3.52. The molecule has 0 aliphatic rings. The molecule has 0 heterocycles. The SMILES string of the molecule is CNCc1cc(Br)ccc1SCCC(C)C. The Morgan fingerprint density at radius 1 is 1.38 bits per heavy atom. The zero-order valence-electron chi connectivity index (χ0n) is 10.2. The van der Waals surface area contributed by atoms with Crippen molar-refractivity contribution in [2.75, 3.05) is 12.8 Å². The molecule has 0 atom stereocenters. The second kappa shape index (κ2) is 7.36. The zero-order valence-corrected chi connectivity index (χ0v) is 12.6. The Bertz CT molecular complexity index is 326. The van der Waals surface area contributed by atoms with E-state index in [0.717, 1.165) is 16.9 Å². The molecule has 1 nitrogen and oxygen atoms in total. The van der Waals surface area contributed by atoms with Crippen LogP contribution in [0.5, 0.6) is 0 Å². The van der Waals surface area contributed by atoms with E-state index < -0.39 is 0 Å². The Labute approximate surface area is 112 Å². The van der Waals surface area contributed by atoms with Crippen LogP contribution in [-0.2, 0) is 6.54 Å². The van der Waals surface area contributed by atoms with E-state index in [2.05, 4.69) is 53.3 Å². The quantitative estimate of drug-likeness (QED) is 0.786. The van der Waals surface area contributed by atoms with Gasteiger partial charge in [0.25, 0.3) is 0 Å². The summed E-state index contributed by atoms with van der Waals surface area (Å²) in [6.07, 6.45) is 1.28. The molecular formula is C13H20BrNS. The number of benzene rings is 1. The first-order chi connectivity index (χ1) is 7.63. The summed E-state index contributed by atoms with van der Waals surface area (Å²) < 4.78 is 1.16. The molecule has 0 bridgehead atoms. The molecule has 0 saturated carbocycles. The van der Waals surface area contributed by atoms with Crippen LogP contribution < -0.4 is 5.32 Å². The third kappa shape index (κ3) is 4.89. The molecule has 0 aliphatic carbocycles. The summed E-state index contributed by atoms with van der Waals surface area (Å²) >= 11 is 5.48. The lowest BCUT2D eigenvalue weighted by molar-refractivity contribution is 0.632. The molecule has 1 aromatic carbocycles. The summed E-state index contributed by atoms with van der Waals surface area (Å²) in [4.78, 5) is 1.40. The van der Waals surface area contributed by atoms with Crippen LogP contribution in [0, 0.1) is 5.92 Å². The van der Waals surface area contributed by atoms with Gasteiger partial charge in [0, 0.05) is 15.9 Å². The summed E-state index contributed by atoms with van der Waals surface area (Å²) in [6, 6.07) is 6.53. The molecule has 0 saturated heterocycles. The van der Waals surface area contributed by atoms with E-state index in [1.807, 2.05) is 18.8 Å². The van der Waals surface area contributed by atoms with Gasteiger partial charge in [-0.05, 0) is 48.9 Å². The normalized spacial score (nSPS) is 11.1.